The molecule has 0 amide bonds. The summed E-state index contributed by atoms with van der Waals surface area (Å²) in [4.78, 5) is 26.0. The average molecular weight is 518 g/mol. The second-order valence-corrected chi connectivity index (χ2v) is 14.5. The van der Waals surface area contributed by atoms with E-state index in [2.05, 4.69) is 38.8 Å². The lowest BCUT2D eigenvalue weighted by molar-refractivity contribution is -0.403. The van der Waals surface area contributed by atoms with Gasteiger partial charge in [-0.3, -0.25) is 4.90 Å². The van der Waals surface area contributed by atoms with Crippen molar-refractivity contribution in [2.75, 3.05) is 19.7 Å². The van der Waals surface area contributed by atoms with Crippen LogP contribution in [0.4, 0.5) is 24.9 Å². The van der Waals surface area contributed by atoms with Crippen LogP contribution >= 0.6 is 0 Å². The Morgan fingerprint density at radius 1 is 1.06 bits per heavy atom. The molecule has 0 aliphatic rings. The quantitative estimate of drug-likeness (QED) is 0.227. The SMILES string of the molecule is CC(C)(C)[Si](C)(C)OCCN(CCn1cc([N+](=O)[O-])nc1[N+](=O)[O-])Cc1ccc(C(F)(F)F)cc1. The van der Waals surface area contributed by atoms with Crippen LogP contribution in [0.25, 0.3) is 0 Å². The number of nitro groups is 2. The summed E-state index contributed by atoms with van der Waals surface area (Å²) in [5.41, 5.74) is -0.133. The molecule has 2 aromatic rings. The first kappa shape index (κ1) is 28.4. The van der Waals surface area contributed by atoms with Crippen LogP contribution in [0.3, 0.4) is 0 Å². The fraction of sp³-hybridized carbons (Fsp3) is 0.571. The molecule has 14 heteroatoms. The van der Waals surface area contributed by atoms with Crippen molar-refractivity contribution in [1.29, 1.82) is 0 Å². The van der Waals surface area contributed by atoms with E-state index in [1.807, 2.05) is 4.90 Å². The standard InChI is InChI=1S/C21H30F3N5O5Si/c1-20(2,3)35(4,5)34-13-12-26(14-16-6-8-17(9-7-16)21(22,23)24)10-11-27-15-18(28(30)31)25-19(27)29(32)33/h6-9,15H,10-14H2,1-5H3. The Kier molecular flexibility index (Phi) is 8.78. The molecule has 0 fully saturated rings. The van der Waals surface area contributed by atoms with E-state index in [4.69, 9.17) is 4.43 Å². The molecule has 1 aromatic carbocycles. The minimum atomic E-state index is -4.44. The van der Waals surface area contributed by atoms with Gasteiger partial charge in [-0.15, -0.1) is 0 Å². The lowest BCUT2D eigenvalue weighted by Crippen LogP contribution is -2.43. The lowest BCUT2D eigenvalue weighted by atomic mass is 10.1. The van der Waals surface area contributed by atoms with Crippen molar-refractivity contribution >= 4 is 20.1 Å². The van der Waals surface area contributed by atoms with Gasteiger partial charge in [0.05, 0.1) is 12.1 Å². The van der Waals surface area contributed by atoms with Crippen molar-refractivity contribution in [1.82, 2.24) is 14.5 Å². The van der Waals surface area contributed by atoms with E-state index in [0.717, 1.165) is 22.9 Å². The first-order chi connectivity index (χ1) is 16.0. The zero-order valence-electron chi connectivity index (χ0n) is 20.3. The molecule has 2 rings (SSSR count). The summed E-state index contributed by atoms with van der Waals surface area (Å²) < 4.78 is 46.0. The Hall–Kier alpha value is -2.84. The van der Waals surface area contributed by atoms with Crippen LogP contribution in [0.2, 0.25) is 18.1 Å². The van der Waals surface area contributed by atoms with Gasteiger partial charge >= 0.3 is 17.9 Å². The Bertz CT molecular complexity index is 1040. The number of imidazole rings is 1. The Balaban J connectivity index is 2.18. The summed E-state index contributed by atoms with van der Waals surface area (Å²) in [6.07, 6.45) is -3.44. The maximum Gasteiger partial charge on any atom is 0.439 e. The molecule has 0 N–H and O–H groups in total. The second-order valence-electron chi connectivity index (χ2n) is 9.69. The van der Waals surface area contributed by atoms with Crippen molar-refractivity contribution in [3.63, 3.8) is 0 Å². The molecule has 194 valence electrons. The smallest absolute Gasteiger partial charge is 0.416 e. The molecular formula is C21H30F3N5O5Si. The molecule has 0 unspecified atom stereocenters. The number of halogens is 3. The van der Waals surface area contributed by atoms with Crippen LogP contribution < -0.4 is 0 Å². The molecule has 0 radical (unpaired) electrons. The highest BCUT2D eigenvalue weighted by molar-refractivity contribution is 6.74. The van der Waals surface area contributed by atoms with Crippen LogP contribution in [-0.2, 0) is 23.7 Å². The number of hydrogen-bond acceptors (Lipinski definition) is 7. The van der Waals surface area contributed by atoms with Gasteiger partial charge in [0.25, 0.3) is 0 Å². The highest BCUT2D eigenvalue weighted by Gasteiger charge is 2.37. The van der Waals surface area contributed by atoms with Crippen LogP contribution in [0.1, 0.15) is 31.9 Å². The van der Waals surface area contributed by atoms with Gasteiger partial charge in [0.15, 0.2) is 14.5 Å². The van der Waals surface area contributed by atoms with Crippen molar-refractivity contribution < 1.29 is 27.4 Å². The fourth-order valence-corrected chi connectivity index (χ4v) is 4.05. The van der Waals surface area contributed by atoms with Gasteiger partial charge in [0.1, 0.15) is 0 Å². The van der Waals surface area contributed by atoms with E-state index in [-0.39, 0.29) is 24.7 Å². The van der Waals surface area contributed by atoms with Gasteiger partial charge in [-0.25, -0.2) is 4.57 Å². The third-order valence-corrected chi connectivity index (χ3v) is 10.7. The van der Waals surface area contributed by atoms with Crippen LogP contribution in [0.5, 0.6) is 0 Å². The van der Waals surface area contributed by atoms with E-state index < -0.39 is 41.7 Å². The van der Waals surface area contributed by atoms with Crippen LogP contribution in [0, 0.1) is 20.2 Å². The van der Waals surface area contributed by atoms with E-state index in [1.54, 1.807) is 0 Å². The number of hydrogen-bond donors (Lipinski definition) is 0. The van der Waals surface area contributed by atoms with Crippen LogP contribution in [-0.4, -0.2) is 52.3 Å². The van der Waals surface area contributed by atoms with Crippen molar-refractivity contribution in [2.45, 2.75) is 58.2 Å². The van der Waals surface area contributed by atoms with Gasteiger partial charge in [0.2, 0.25) is 0 Å². The zero-order chi connectivity index (χ0) is 26.6. The third kappa shape index (κ3) is 7.83. The molecule has 0 aliphatic carbocycles. The molecule has 35 heavy (non-hydrogen) atoms. The number of alkyl halides is 3. The highest BCUT2D eigenvalue weighted by Crippen LogP contribution is 2.36. The first-order valence-corrected chi connectivity index (χ1v) is 13.8. The van der Waals surface area contributed by atoms with Crippen molar-refractivity contribution in [2.24, 2.45) is 0 Å². The molecule has 1 aromatic heterocycles. The lowest BCUT2D eigenvalue weighted by Gasteiger charge is -2.36. The molecule has 0 saturated heterocycles. The van der Waals surface area contributed by atoms with E-state index in [0.29, 0.717) is 18.7 Å². The maximum atomic E-state index is 12.9. The molecule has 1 heterocycles. The van der Waals surface area contributed by atoms with E-state index in [9.17, 15) is 33.4 Å². The van der Waals surface area contributed by atoms with E-state index >= 15 is 0 Å². The first-order valence-electron chi connectivity index (χ1n) is 10.9. The maximum absolute atomic E-state index is 12.9. The average Bonchev–Trinajstić information content (AvgIpc) is 3.15. The van der Waals surface area contributed by atoms with E-state index in [1.165, 1.54) is 12.1 Å². The molecule has 10 nitrogen and oxygen atoms in total. The normalized spacial score (nSPS) is 12.8. The predicted octanol–water partition coefficient (Wildman–Crippen LogP) is 5.24. The minimum absolute atomic E-state index is 0.0123. The zero-order valence-corrected chi connectivity index (χ0v) is 21.3. The van der Waals surface area contributed by atoms with Gasteiger partial charge in [0, 0.05) is 26.2 Å². The van der Waals surface area contributed by atoms with Gasteiger partial charge in [-0.05, 0) is 50.7 Å². The Morgan fingerprint density at radius 2 is 1.66 bits per heavy atom. The number of benzene rings is 1. The van der Waals surface area contributed by atoms with Crippen molar-refractivity contribution in [3.05, 3.63) is 61.8 Å². The molecule has 0 bridgehead atoms. The van der Waals surface area contributed by atoms with Crippen LogP contribution in [0.15, 0.2) is 30.5 Å². The largest absolute Gasteiger partial charge is 0.439 e. The number of aromatic nitrogens is 2. The monoisotopic (exact) mass is 517 g/mol. The summed E-state index contributed by atoms with van der Waals surface area (Å²) in [5, 5.41) is 22.2. The second kappa shape index (κ2) is 10.8. The number of rotatable bonds is 11. The summed E-state index contributed by atoms with van der Waals surface area (Å²) >= 11 is 0. The van der Waals surface area contributed by atoms with Gasteiger partial charge in [-0.1, -0.05) is 32.9 Å². The summed E-state index contributed by atoms with van der Waals surface area (Å²) in [6, 6.07) is 4.78. The molecule has 0 aliphatic heterocycles. The predicted molar refractivity (Wildman–Crippen MR) is 125 cm³/mol. The number of nitrogens with zero attached hydrogens (tertiary/aromatic N) is 5. The Morgan fingerprint density at radius 3 is 2.14 bits per heavy atom. The topological polar surface area (TPSA) is 117 Å². The molecular weight excluding hydrogens is 487 g/mol. The highest BCUT2D eigenvalue weighted by atomic mass is 28.4. The van der Waals surface area contributed by atoms with Gasteiger partial charge in [-0.2, -0.15) is 13.2 Å². The molecule has 0 atom stereocenters. The summed E-state index contributed by atoms with van der Waals surface area (Å²) in [6.45, 7) is 11.8. The fourth-order valence-electron chi connectivity index (χ4n) is 3.01. The molecule has 0 spiro atoms. The summed E-state index contributed by atoms with van der Waals surface area (Å²) in [7, 11) is -2.04. The Labute approximate surface area is 202 Å². The minimum Gasteiger partial charge on any atom is -0.416 e. The summed E-state index contributed by atoms with van der Waals surface area (Å²) in [5.74, 6) is -1.28. The van der Waals surface area contributed by atoms with Gasteiger partial charge < -0.3 is 24.7 Å². The molecule has 0 saturated carbocycles. The van der Waals surface area contributed by atoms with Crippen molar-refractivity contribution in [3.8, 4) is 0 Å². The third-order valence-electron chi connectivity index (χ3n) is 6.11.